The van der Waals surface area contributed by atoms with Gasteiger partial charge in [-0.1, -0.05) is 65.2 Å². The van der Waals surface area contributed by atoms with Gasteiger partial charge in [0, 0.05) is 0 Å². The van der Waals surface area contributed by atoms with E-state index in [2.05, 4.69) is 52.8 Å². The highest BCUT2D eigenvalue weighted by Gasteiger charge is 2.19. The lowest BCUT2D eigenvalue weighted by Gasteiger charge is -2.24. The summed E-state index contributed by atoms with van der Waals surface area (Å²) in [4.78, 5) is 0. The van der Waals surface area contributed by atoms with E-state index in [0.29, 0.717) is 0 Å². The van der Waals surface area contributed by atoms with Gasteiger partial charge in [-0.25, -0.2) is 0 Å². The number of unbranched alkanes of at least 4 members (excludes halogenated alkanes) is 3. The second kappa shape index (κ2) is 6.82. The lowest BCUT2D eigenvalue weighted by molar-refractivity contribution is 0.295. The van der Waals surface area contributed by atoms with Crippen LogP contribution in [-0.2, 0) is 5.41 Å². The van der Waals surface area contributed by atoms with Crippen molar-refractivity contribution in [2.24, 2.45) is 0 Å². The Kier molecular flexibility index (Phi) is 5.71. The molecular formula is C17H28O. The first-order valence-electron chi connectivity index (χ1n) is 7.19. The molecule has 1 aromatic rings. The highest BCUT2D eigenvalue weighted by Crippen LogP contribution is 2.33. The van der Waals surface area contributed by atoms with Crippen molar-refractivity contribution in [2.45, 2.75) is 65.7 Å². The van der Waals surface area contributed by atoms with Gasteiger partial charge in [-0.3, -0.25) is 0 Å². The summed E-state index contributed by atoms with van der Waals surface area (Å²) in [6, 6.07) is 6.45. The van der Waals surface area contributed by atoms with Gasteiger partial charge in [0.2, 0.25) is 0 Å². The summed E-state index contributed by atoms with van der Waals surface area (Å²) in [6.45, 7) is 11.9. The topological polar surface area (TPSA) is 9.23 Å². The van der Waals surface area contributed by atoms with Gasteiger partial charge in [0.15, 0.2) is 0 Å². The molecule has 0 heterocycles. The minimum absolute atomic E-state index is 0.144. The first-order valence-corrected chi connectivity index (χ1v) is 7.19. The van der Waals surface area contributed by atoms with Crippen molar-refractivity contribution in [1.82, 2.24) is 0 Å². The quantitative estimate of drug-likeness (QED) is 0.625. The molecule has 1 aromatic carbocycles. The van der Waals surface area contributed by atoms with E-state index in [1.165, 1.54) is 30.4 Å². The molecule has 0 aliphatic rings. The summed E-state index contributed by atoms with van der Waals surface area (Å²) in [6.07, 6.45) is 5.01. The van der Waals surface area contributed by atoms with E-state index < -0.39 is 0 Å². The standard InChI is InChI=1S/C17H28O/c1-6-7-8-9-13-18-16-14(2)11-10-12-15(16)17(3,4)5/h10-12H,6-9,13H2,1-5H3. The van der Waals surface area contributed by atoms with Crippen molar-refractivity contribution in [2.75, 3.05) is 6.61 Å². The van der Waals surface area contributed by atoms with E-state index in [1.54, 1.807) is 0 Å². The summed E-state index contributed by atoms with van der Waals surface area (Å²) in [5, 5.41) is 0. The Hall–Kier alpha value is -0.980. The molecule has 1 heteroatoms. The van der Waals surface area contributed by atoms with Crippen LogP contribution in [0.5, 0.6) is 5.75 Å². The Morgan fingerprint density at radius 2 is 1.78 bits per heavy atom. The molecule has 18 heavy (non-hydrogen) atoms. The molecule has 0 fully saturated rings. The predicted octanol–water partition coefficient (Wildman–Crippen LogP) is 5.25. The minimum Gasteiger partial charge on any atom is -0.493 e. The molecule has 0 atom stereocenters. The fourth-order valence-electron chi connectivity index (χ4n) is 2.14. The molecule has 0 spiro atoms. The van der Waals surface area contributed by atoms with E-state index >= 15 is 0 Å². The molecule has 0 saturated carbocycles. The van der Waals surface area contributed by atoms with E-state index in [9.17, 15) is 0 Å². The Labute approximate surface area is 113 Å². The van der Waals surface area contributed by atoms with E-state index in [1.807, 2.05) is 0 Å². The van der Waals surface area contributed by atoms with Crippen molar-refractivity contribution >= 4 is 0 Å². The summed E-state index contributed by atoms with van der Waals surface area (Å²) < 4.78 is 6.04. The maximum absolute atomic E-state index is 6.04. The summed E-state index contributed by atoms with van der Waals surface area (Å²) >= 11 is 0. The molecule has 0 N–H and O–H groups in total. The summed E-state index contributed by atoms with van der Waals surface area (Å²) in [5.74, 6) is 1.10. The van der Waals surface area contributed by atoms with Crippen LogP contribution in [0.25, 0.3) is 0 Å². The van der Waals surface area contributed by atoms with Gasteiger partial charge in [0.25, 0.3) is 0 Å². The van der Waals surface area contributed by atoms with Crippen LogP contribution >= 0.6 is 0 Å². The van der Waals surface area contributed by atoms with Gasteiger partial charge in [-0.05, 0) is 29.9 Å². The normalized spacial score (nSPS) is 11.6. The van der Waals surface area contributed by atoms with Crippen molar-refractivity contribution < 1.29 is 4.74 Å². The first kappa shape index (κ1) is 15.1. The van der Waals surface area contributed by atoms with E-state index in [-0.39, 0.29) is 5.41 Å². The average Bonchev–Trinajstić information content (AvgIpc) is 2.29. The van der Waals surface area contributed by atoms with Crippen LogP contribution < -0.4 is 4.74 Å². The summed E-state index contributed by atoms with van der Waals surface area (Å²) in [7, 11) is 0. The average molecular weight is 248 g/mol. The SMILES string of the molecule is CCCCCCOc1c(C)cccc1C(C)(C)C. The Bertz CT molecular complexity index is 360. The van der Waals surface area contributed by atoms with Gasteiger partial charge < -0.3 is 4.74 Å². The third-order valence-electron chi connectivity index (χ3n) is 3.26. The van der Waals surface area contributed by atoms with Crippen LogP contribution in [0, 0.1) is 6.92 Å². The predicted molar refractivity (Wildman–Crippen MR) is 79.5 cm³/mol. The zero-order chi connectivity index (χ0) is 13.6. The van der Waals surface area contributed by atoms with Gasteiger partial charge >= 0.3 is 0 Å². The zero-order valence-electron chi connectivity index (χ0n) is 12.7. The maximum Gasteiger partial charge on any atom is 0.125 e. The van der Waals surface area contributed by atoms with E-state index in [4.69, 9.17) is 4.74 Å². The maximum atomic E-state index is 6.04. The molecule has 0 amide bonds. The molecule has 0 saturated heterocycles. The largest absolute Gasteiger partial charge is 0.493 e. The molecule has 0 unspecified atom stereocenters. The highest BCUT2D eigenvalue weighted by molar-refractivity contribution is 5.44. The van der Waals surface area contributed by atoms with Crippen LogP contribution in [0.15, 0.2) is 18.2 Å². The van der Waals surface area contributed by atoms with Crippen molar-refractivity contribution in [3.05, 3.63) is 29.3 Å². The molecule has 0 aliphatic carbocycles. The first-order chi connectivity index (χ1) is 8.46. The summed E-state index contributed by atoms with van der Waals surface area (Å²) in [5.41, 5.74) is 2.71. The Morgan fingerprint density at radius 3 is 2.39 bits per heavy atom. The number of rotatable bonds is 6. The molecule has 102 valence electrons. The Morgan fingerprint density at radius 1 is 1.06 bits per heavy atom. The molecule has 0 aliphatic heterocycles. The Balaban J connectivity index is 2.69. The van der Waals surface area contributed by atoms with Gasteiger partial charge in [-0.2, -0.15) is 0 Å². The molecule has 1 nitrogen and oxygen atoms in total. The monoisotopic (exact) mass is 248 g/mol. The fraction of sp³-hybridized carbons (Fsp3) is 0.647. The number of aryl methyl sites for hydroxylation is 1. The van der Waals surface area contributed by atoms with Crippen LogP contribution in [0.1, 0.15) is 64.5 Å². The van der Waals surface area contributed by atoms with Crippen LogP contribution in [0.4, 0.5) is 0 Å². The molecule has 0 bridgehead atoms. The molecule has 0 aromatic heterocycles. The van der Waals surface area contributed by atoms with E-state index in [0.717, 1.165) is 18.8 Å². The third-order valence-corrected chi connectivity index (χ3v) is 3.26. The van der Waals surface area contributed by atoms with Crippen LogP contribution in [0.2, 0.25) is 0 Å². The molecule has 1 rings (SSSR count). The van der Waals surface area contributed by atoms with Crippen molar-refractivity contribution in [3.8, 4) is 5.75 Å². The van der Waals surface area contributed by atoms with Crippen LogP contribution in [-0.4, -0.2) is 6.61 Å². The molecular weight excluding hydrogens is 220 g/mol. The number of ether oxygens (including phenoxy) is 1. The number of benzene rings is 1. The second-order valence-corrected chi connectivity index (χ2v) is 6.11. The van der Waals surface area contributed by atoms with Gasteiger partial charge in [0.1, 0.15) is 5.75 Å². The van der Waals surface area contributed by atoms with Gasteiger partial charge in [-0.15, -0.1) is 0 Å². The zero-order valence-corrected chi connectivity index (χ0v) is 12.7. The fourth-order valence-corrected chi connectivity index (χ4v) is 2.14. The number of para-hydroxylation sites is 1. The number of hydrogen-bond donors (Lipinski definition) is 0. The van der Waals surface area contributed by atoms with Gasteiger partial charge in [0.05, 0.1) is 6.61 Å². The van der Waals surface area contributed by atoms with Crippen LogP contribution in [0.3, 0.4) is 0 Å². The van der Waals surface area contributed by atoms with Crippen molar-refractivity contribution in [1.29, 1.82) is 0 Å². The molecule has 0 radical (unpaired) electrons. The second-order valence-electron chi connectivity index (χ2n) is 6.11. The minimum atomic E-state index is 0.144. The smallest absolute Gasteiger partial charge is 0.125 e. The highest BCUT2D eigenvalue weighted by atomic mass is 16.5. The lowest BCUT2D eigenvalue weighted by atomic mass is 9.85. The van der Waals surface area contributed by atoms with Crippen molar-refractivity contribution in [3.63, 3.8) is 0 Å². The number of hydrogen-bond acceptors (Lipinski definition) is 1. The lowest BCUT2D eigenvalue weighted by Crippen LogP contribution is -2.14. The third kappa shape index (κ3) is 4.36.